The van der Waals surface area contributed by atoms with Gasteiger partial charge in [0.2, 0.25) is 10.0 Å². The lowest BCUT2D eigenvalue weighted by molar-refractivity contribution is 0.344. The lowest BCUT2D eigenvalue weighted by Crippen LogP contribution is -2.45. The van der Waals surface area contributed by atoms with Gasteiger partial charge in [-0.1, -0.05) is 28.1 Å². The highest BCUT2D eigenvalue weighted by molar-refractivity contribution is 14.1. The van der Waals surface area contributed by atoms with Gasteiger partial charge in [-0.05, 0) is 96.3 Å². The van der Waals surface area contributed by atoms with Gasteiger partial charge in [0.15, 0.2) is 0 Å². The van der Waals surface area contributed by atoms with E-state index in [2.05, 4.69) is 67.3 Å². The van der Waals surface area contributed by atoms with E-state index in [1.807, 2.05) is 18.2 Å². The van der Waals surface area contributed by atoms with E-state index in [1.54, 1.807) is 12.1 Å². The fourth-order valence-electron chi connectivity index (χ4n) is 4.57. The molecule has 0 radical (unpaired) electrons. The van der Waals surface area contributed by atoms with E-state index in [0.29, 0.717) is 17.9 Å². The van der Waals surface area contributed by atoms with Gasteiger partial charge >= 0.3 is 0 Å². The molecule has 2 atom stereocenters. The van der Waals surface area contributed by atoms with Gasteiger partial charge in [-0.2, -0.15) is 0 Å². The van der Waals surface area contributed by atoms with Crippen LogP contribution in [0.25, 0.3) is 0 Å². The molecule has 0 spiro atoms. The van der Waals surface area contributed by atoms with Gasteiger partial charge in [-0.15, -0.1) is 0 Å². The van der Waals surface area contributed by atoms with Crippen molar-refractivity contribution < 1.29 is 8.42 Å². The Morgan fingerprint density at radius 2 is 2.00 bits per heavy atom. The number of hydrogen-bond acceptors (Lipinski definition) is 3. The Kier molecular flexibility index (Phi) is 5.63. The van der Waals surface area contributed by atoms with Gasteiger partial charge < -0.3 is 5.32 Å². The van der Waals surface area contributed by atoms with Crippen molar-refractivity contribution in [3.8, 4) is 0 Å². The summed E-state index contributed by atoms with van der Waals surface area (Å²) in [6, 6.07) is 13.5. The molecule has 1 heterocycles. The summed E-state index contributed by atoms with van der Waals surface area (Å²) in [4.78, 5) is 0.303. The molecule has 0 aromatic heterocycles. The summed E-state index contributed by atoms with van der Waals surface area (Å²) in [5.74, 6) is 0. The molecule has 1 fully saturated rings. The number of halogens is 2. The Hall–Kier alpha value is -0.900. The van der Waals surface area contributed by atoms with Gasteiger partial charge in [-0.3, -0.25) is 0 Å². The molecule has 1 aliphatic heterocycles. The third-order valence-corrected chi connectivity index (χ3v) is 8.61. The molecule has 4 nitrogen and oxygen atoms in total. The van der Waals surface area contributed by atoms with Crippen LogP contribution in [0, 0.1) is 3.57 Å². The van der Waals surface area contributed by atoms with Crippen molar-refractivity contribution in [2.24, 2.45) is 0 Å². The summed E-state index contributed by atoms with van der Waals surface area (Å²) in [7, 11) is -3.53. The largest absolute Gasteiger partial charge is 0.381 e. The van der Waals surface area contributed by atoms with E-state index in [0.717, 1.165) is 33.0 Å². The number of nitrogens with one attached hydrogen (secondary N) is 2. The van der Waals surface area contributed by atoms with Gasteiger partial charge in [0.05, 0.1) is 4.90 Å². The molecule has 2 aliphatic rings. The molecule has 0 amide bonds. The van der Waals surface area contributed by atoms with E-state index >= 15 is 0 Å². The highest BCUT2D eigenvalue weighted by atomic mass is 127. The smallest absolute Gasteiger partial charge is 0.240 e. The molecular weight excluding hydrogens is 551 g/mol. The van der Waals surface area contributed by atoms with Crippen molar-refractivity contribution in [1.82, 2.24) is 4.72 Å². The van der Waals surface area contributed by atoms with Crippen molar-refractivity contribution in [3.05, 3.63) is 68.2 Å². The van der Waals surface area contributed by atoms with E-state index in [-0.39, 0.29) is 11.5 Å². The average Bonchev–Trinajstić information content (AvgIpc) is 2.97. The zero-order valence-corrected chi connectivity index (χ0v) is 19.9. The van der Waals surface area contributed by atoms with Crippen LogP contribution in [0.2, 0.25) is 0 Å². The number of sulfonamides is 1. The third-order valence-electron chi connectivity index (χ3n) is 5.92. The number of rotatable bonds is 5. The lowest BCUT2D eigenvalue weighted by Gasteiger charge is -2.42. The molecule has 2 aromatic carbocycles. The zero-order chi connectivity index (χ0) is 19.9. The SMILES string of the molecule is C=C1CCC[C@@H]2Nc3ccc(Br)cc3[C@]12CCNS(=O)(=O)c1ccc(I)cc1. The second kappa shape index (κ2) is 7.74. The van der Waals surface area contributed by atoms with Crippen LogP contribution in [-0.4, -0.2) is 21.0 Å². The average molecular weight is 573 g/mol. The van der Waals surface area contributed by atoms with Gasteiger partial charge in [0, 0.05) is 31.7 Å². The lowest BCUT2D eigenvalue weighted by atomic mass is 9.63. The molecule has 1 aliphatic carbocycles. The van der Waals surface area contributed by atoms with E-state index in [4.69, 9.17) is 0 Å². The van der Waals surface area contributed by atoms with Gasteiger partial charge in [0.1, 0.15) is 0 Å². The Bertz CT molecular complexity index is 1020. The maximum absolute atomic E-state index is 12.7. The minimum atomic E-state index is -3.53. The predicted molar refractivity (Wildman–Crippen MR) is 125 cm³/mol. The van der Waals surface area contributed by atoms with E-state index in [9.17, 15) is 8.42 Å². The van der Waals surface area contributed by atoms with Gasteiger partial charge in [0.25, 0.3) is 0 Å². The molecule has 28 heavy (non-hydrogen) atoms. The summed E-state index contributed by atoms with van der Waals surface area (Å²) < 4.78 is 30.2. The first-order valence-electron chi connectivity index (χ1n) is 9.33. The van der Waals surface area contributed by atoms with Crippen LogP contribution in [-0.2, 0) is 15.4 Å². The summed E-state index contributed by atoms with van der Waals surface area (Å²) >= 11 is 5.76. The molecule has 0 saturated heterocycles. The van der Waals surface area contributed by atoms with Crippen LogP contribution in [0.4, 0.5) is 5.69 Å². The normalized spacial score (nSPS) is 23.8. The Morgan fingerprint density at radius 3 is 2.75 bits per heavy atom. The standard InChI is InChI=1S/C21H22BrIN2O2S/c1-14-3-2-4-20-21(14,18-13-15(22)5-10-19(18)25-20)11-12-24-28(26,27)17-8-6-16(23)7-9-17/h5-10,13,20,24-25H,1-4,11-12H2/t20-,21-/m0/s1. The molecule has 2 N–H and O–H groups in total. The van der Waals surface area contributed by atoms with Crippen molar-refractivity contribution in [2.75, 3.05) is 11.9 Å². The first kappa shape index (κ1) is 20.4. The Balaban J connectivity index is 1.59. The topological polar surface area (TPSA) is 58.2 Å². The minimum absolute atomic E-state index is 0.230. The monoisotopic (exact) mass is 572 g/mol. The van der Waals surface area contributed by atoms with Crippen molar-refractivity contribution in [1.29, 1.82) is 0 Å². The number of fused-ring (bicyclic) bond motifs is 3. The molecule has 1 saturated carbocycles. The summed E-state index contributed by atoms with van der Waals surface area (Å²) in [5.41, 5.74) is 3.33. The summed E-state index contributed by atoms with van der Waals surface area (Å²) in [6.07, 6.45) is 3.85. The quantitative estimate of drug-likeness (QED) is 0.383. The van der Waals surface area contributed by atoms with Crippen LogP contribution >= 0.6 is 38.5 Å². The number of benzene rings is 2. The zero-order valence-electron chi connectivity index (χ0n) is 15.3. The second-order valence-electron chi connectivity index (χ2n) is 7.46. The fraction of sp³-hybridized carbons (Fsp3) is 0.333. The van der Waals surface area contributed by atoms with E-state index < -0.39 is 10.0 Å². The fourth-order valence-corrected chi connectivity index (χ4v) is 6.33. The second-order valence-corrected chi connectivity index (χ2v) is 11.4. The van der Waals surface area contributed by atoms with Crippen molar-refractivity contribution in [3.63, 3.8) is 0 Å². The van der Waals surface area contributed by atoms with Crippen LogP contribution < -0.4 is 10.0 Å². The first-order valence-corrected chi connectivity index (χ1v) is 12.7. The molecule has 0 unspecified atom stereocenters. The van der Waals surface area contributed by atoms with Crippen LogP contribution in [0.1, 0.15) is 31.2 Å². The molecular formula is C21H22BrIN2O2S. The molecule has 7 heteroatoms. The van der Waals surface area contributed by atoms with Gasteiger partial charge in [-0.25, -0.2) is 13.1 Å². The number of hydrogen-bond donors (Lipinski definition) is 2. The number of anilines is 1. The van der Waals surface area contributed by atoms with Crippen molar-refractivity contribution in [2.45, 2.75) is 42.0 Å². The predicted octanol–water partition coefficient (Wildman–Crippen LogP) is 5.19. The maximum atomic E-state index is 12.7. The van der Waals surface area contributed by atoms with Crippen molar-refractivity contribution >= 4 is 54.2 Å². The Labute approximate surface area is 188 Å². The molecule has 4 rings (SSSR count). The van der Waals surface area contributed by atoms with Crippen LogP contribution in [0.3, 0.4) is 0 Å². The maximum Gasteiger partial charge on any atom is 0.240 e. The summed E-state index contributed by atoms with van der Waals surface area (Å²) in [5, 5.41) is 3.66. The Morgan fingerprint density at radius 1 is 1.25 bits per heavy atom. The van der Waals surface area contributed by atoms with Crippen LogP contribution in [0.15, 0.2) is 64.0 Å². The highest BCUT2D eigenvalue weighted by Gasteiger charge is 2.49. The minimum Gasteiger partial charge on any atom is -0.381 e. The van der Waals surface area contributed by atoms with E-state index in [1.165, 1.54) is 11.1 Å². The molecule has 2 aromatic rings. The first-order chi connectivity index (χ1) is 13.3. The molecule has 148 valence electrons. The summed E-state index contributed by atoms with van der Waals surface area (Å²) in [6.45, 7) is 4.78. The van der Waals surface area contributed by atoms with Crippen LogP contribution in [0.5, 0.6) is 0 Å². The third kappa shape index (κ3) is 3.55. The molecule has 0 bridgehead atoms. The highest BCUT2D eigenvalue weighted by Crippen LogP contribution is 2.53.